The Balaban J connectivity index is 0.00000240. The predicted octanol–water partition coefficient (Wildman–Crippen LogP) is 4.31. The standard InChI is InChI=1S/C22H22N6.H2S/c1-14(18-5-3-4-16-8-9-20(23)28-22(16)18)11-25-21-10-19(26-13-27-21)17-7-6-15(2)24-12-17;/h3-10,12-14H,11H2,1-2H3,(H2,23,28)(H,25,26,27);1H2/t14-;/m1./s1. The molecule has 7 heteroatoms. The average molecular weight is 405 g/mol. The van der Waals surface area contributed by atoms with E-state index in [-0.39, 0.29) is 19.4 Å². The normalized spacial score (nSPS) is 11.7. The first kappa shape index (κ1) is 20.5. The number of hydrogen-bond donors (Lipinski definition) is 2. The Hall–Kier alpha value is -3.19. The summed E-state index contributed by atoms with van der Waals surface area (Å²) >= 11 is 0. The van der Waals surface area contributed by atoms with Crippen molar-refractivity contribution in [2.24, 2.45) is 0 Å². The zero-order chi connectivity index (χ0) is 19.5. The SMILES string of the molecule is Cc1ccc(-c2cc(NC[C@@H](C)c3cccc4ccc(N)nc34)ncn2)cn1.S. The topological polar surface area (TPSA) is 89.6 Å². The minimum atomic E-state index is 0. The zero-order valence-corrected chi connectivity index (χ0v) is 17.4. The molecule has 0 saturated heterocycles. The molecule has 3 heterocycles. The molecule has 0 saturated carbocycles. The first-order valence-electron chi connectivity index (χ1n) is 9.24. The smallest absolute Gasteiger partial charge is 0.129 e. The number of fused-ring (bicyclic) bond motifs is 1. The Morgan fingerprint density at radius 3 is 2.69 bits per heavy atom. The van der Waals surface area contributed by atoms with Gasteiger partial charge in [0, 0.05) is 41.4 Å². The van der Waals surface area contributed by atoms with E-state index in [0.717, 1.165) is 45.8 Å². The average Bonchev–Trinajstić information content (AvgIpc) is 2.72. The van der Waals surface area contributed by atoms with Crippen LogP contribution in [0.4, 0.5) is 11.6 Å². The highest BCUT2D eigenvalue weighted by Crippen LogP contribution is 2.25. The summed E-state index contributed by atoms with van der Waals surface area (Å²) < 4.78 is 0. The van der Waals surface area contributed by atoms with E-state index >= 15 is 0 Å². The molecule has 6 nitrogen and oxygen atoms in total. The van der Waals surface area contributed by atoms with E-state index < -0.39 is 0 Å². The monoisotopic (exact) mass is 404 g/mol. The molecule has 148 valence electrons. The molecule has 4 aromatic rings. The highest BCUT2D eigenvalue weighted by atomic mass is 32.1. The fraction of sp³-hybridized carbons (Fsp3) is 0.182. The third-order valence-corrected chi connectivity index (χ3v) is 4.77. The van der Waals surface area contributed by atoms with Crippen LogP contribution in [0.25, 0.3) is 22.2 Å². The predicted molar refractivity (Wildman–Crippen MR) is 123 cm³/mol. The fourth-order valence-corrected chi connectivity index (χ4v) is 3.18. The number of benzene rings is 1. The lowest BCUT2D eigenvalue weighted by Gasteiger charge is -2.16. The number of rotatable bonds is 5. The Morgan fingerprint density at radius 1 is 1.03 bits per heavy atom. The van der Waals surface area contributed by atoms with E-state index in [4.69, 9.17) is 5.73 Å². The van der Waals surface area contributed by atoms with Gasteiger partial charge >= 0.3 is 0 Å². The van der Waals surface area contributed by atoms with Crippen molar-refractivity contribution >= 4 is 36.0 Å². The fourth-order valence-electron chi connectivity index (χ4n) is 3.18. The van der Waals surface area contributed by atoms with Crippen LogP contribution in [0.2, 0.25) is 0 Å². The van der Waals surface area contributed by atoms with Crippen molar-refractivity contribution in [3.63, 3.8) is 0 Å². The number of nitrogens with two attached hydrogens (primary N) is 1. The summed E-state index contributed by atoms with van der Waals surface area (Å²) in [5, 5.41) is 4.51. The van der Waals surface area contributed by atoms with E-state index in [2.05, 4.69) is 50.4 Å². The highest BCUT2D eigenvalue weighted by molar-refractivity contribution is 7.59. The maximum atomic E-state index is 5.89. The molecule has 0 aliphatic carbocycles. The molecule has 4 rings (SSSR count). The number of para-hydroxylation sites is 1. The van der Waals surface area contributed by atoms with Gasteiger partial charge in [-0.05, 0) is 36.8 Å². The van der Waals surface area contributed by atoms with Crippen LogP contribution in [-0.2, 0) is 0 Å². The molecule has 29 heavy (non-hydrogen) atoms. The van der Waals surface area contributed by atoms with Crippen LogP contribution in [0.3, 0.4) is 0 Å². The van der Waals surface area contributed by atoms with Crippen LogP contribution in [0.15, 0.2) is 61.1 Å². The summed E-state index contributed by atoms with van der Waals surface area (Å²) in [6.45, 7) is 4.85. The minimum absolute atomic E-state index is 0. The molecule has 3 aromatic heterocycles. The molecule has 3 N–H and O–H groups in total. The van der Waals surface area contributed by atoms with Gasteiger partial charge in [0.05, 0.1) is 11.2 Å². The Labute approximate surface area is 177 Å². The van der Waals surface area contributed by atoms with Crippen LogP contribution in [0.5, 0.6) is 0 Å². The molecule has 0 radical (unpaired) electrons. The van der Waals surface area contributed by atoms with E-state index in [1.54, 1.807) is 6.33 Å². The van der Waals surface area contributed by atoms with Crippen molar-refractivity contribution in [3.05, 3.63) is 72.3 Å². The van der Waals surface area contributed by atoms with E-state index in [1.807, 2.05) is 43.5 Å². The number of anilines is 2. The summed E-state index contributed by atoms with van der Waals surface area (Å²) in [5.74, 6) is 1.55. The van der Waals surface area contributed by atoms with Gasteiger partial charge in [-0.2, -0.15) is 13.5 Å². The largest absolute Gasteiger partial charge is 0.384 e. The molecule has 0 aliphatic rings. The first-order valence-corrected chi connectivity index (χ1v) is 9.24. The van der Waals surface area contributed by atoms with Crippen molar-refractivity contribution in [1.82, 2.24) is 19.9 Å². The van der Waals surface area contributed by atoms with Crippen molar-refractivity contribution in [2.45, 2.75) is 19.8 Å². The molecular formula is C22H24N6S. The number of aromatic nitrogens is 4. The number of nitrogen functional groups attached to an aromatic ring is 1. The molecule has 0 unspecified atom stereocenters. The van der Waals surface area contributed by atoms with E-state index in [9.17, 15) is 0 Å². The number of nitrogens with zero attached hydrogens (tertiary/aromatic N) is 4. The van der Waals surface area contributed by atoms with Crippen LogP contribution < -0.4 is 11.1 Å². The Morgan fingerprint density at radius 2 is 1.90 bits per heavy atom. The van der Waals surface area contributed by atoms with Gasteiger partial charge in [-0.3, -0.25) is 4.98 Å². The van der Waals surface area contributed by atoms with Gasteiger partial charge in [0.2, 0.25) is 0 Å². The van der Waals surface area contributed by atoms with Gasteiger partial charge in [-0.1, -0.05) is 25.1 Å². The molecule has 0 aliphatic heterocycles. The maximum Gasteiger partial charge on any atom is 0.129 e. The summed E-state index contributed by atoms with van der Waals surface area (Å²) in [6, 6.07) is 16.0. The van der Waals surface area contributed by atoms with Gasteiger partial charge in [0.25, 0.3) is 0 Å². The third kappa shape index (κ3) is 4.63. The van der Waals surface area contributed by atoms with Crippen LogP contribution >= 0.6 is 13.5 Å². The lowest BCUT2D eigenvalue weighted by atomic mass is 9.98. The van der Waals surface area contributed by atoms with Crippen molar-refractivity contribution in [2.75, 3.05) is 17.6 Å². The summed E-state index contributed by atoms with van der Waals surface area (Å²) in [5.41, 5.74) is 10.8. The van der Waals surface area contributed by atoms with Gasteiger partial charge in [0.15, 0.2) is 0 Å². The zero-order valence-electron chi connectivity index (χ0n) is 16.4. The quantitative estimate of drug-likeness (QED) is 0.515. The molecule has 1 aromatic carbocycles. The van der Waals surface area contributed by atoms with Gasteiger partial charge in [0.1, 0.15) is 18.0 Å². The number of aryl methyl sites for hydroxylation is 1. The van der Waals surface area contributed by atoms with Crippen molar-refractivity contribution < 1.29 is 0 Å². The third-order valence-electron chi connectivity index (χ3n) is 4.77. The van der Waals surface area contributed by atoms with E-state index in [0.29, 0.717) is 5.82 Å². The van der Waals surface area contributed by atoms with Crippen LogP contribution in [-0.4, -0.2) is 26.5 Å². The second-order valence-corrected chi connectivity index (χ2v) is 6.91. The second kappa shape index (κ2) is 8.87. The molecule has 1 atom stereocenters. The molecular weight excluding hydrogens is 380 g/mol. The second-order valence-electron chi connectivity index (χ2n) is 6.91. The minimum Gasteiger partial charge on any atom is -0.384 e. The van der Waals surface area contributed by atoms with Crippen LogP contribution in [0.1, 0.15) is 24.1 Å². The van der Waals surface area contributed by atoms with Crippen molar-refractivity contribution in [1.29, 1.82) is 0 Å². The number of hydrogen-bond acceptors (Lipinski definition) is 6. The van der Waals surface area contributed by atoms with E-state index in [1.165, 1.54) is 0 Å². The van der Waals surface area contributed by atoms with Gasteiger partial charge in [-0.15, -0.1) is 0 Å². The summed E-state index contributed by atoms with van der Waals surface area (Å²) in [4.78, 5) is 17.6. The molecule has 0 spiro atoms. The summed E-state index contributed by atoms with van der Waals surface area (Å²) in [6.07, 6.45) is 3.40. The lowest BCUT2D eigenvalue weighted by molar-refractivity contribution is 0.806. The lowest BCUT2D eigenvalue weighted by Crippen LogP contribution is -2.12. The number of nitrogens with one attached hydrogen (secondary N) is 1. The summed E-state index contributed by atoms with van der Waals surface area (Å²) in [7, 11) is 0. The van der Waals surface area contributed by atoms with Crippen LogP contribution in [0, 0.1) is 6.92 Å². The van der Waals surface area contributed by atoms with Crippen molar-refractivity contribution in [3.8, 4) is 11.3 Å². The van der Waals surface area contributed by atoms with Gasteiger partial charge in [-0.25, -0.2) is 15.0 Å². The molecule has 0 bridgehead atoms. The Bertz CT molecular complexity index is 1110. The van der Waals surface area contributed by atoms with Gasteiger partial charge < -0.3 is 11.1 Å². The maximum absolute atomic E-state index is 5.89. The molecule has 0 fully saturated rings. The highest BCUT2D eigenvalue weighted by Gasteiger charge is 2.11. The molecule has 0 amide bonds. The number of pyridine rings is 2. The Kier molecular flexibility index (Phi) is 6.29. The first-order chi connectivity index (χ1) is 13.6.